The van der Waals surface area contributed by atoms with Crippen molar-refractivity contribution in [2.45, 2.75) is 6.54 Å². The quantitative estimate of drug-likeness (QED) is 0.720. The Bertz CT molecular complexity index is 685. The predicted molar refractivity (Wildman–Crippen MR) is 95.9 cm³/mol. The smallest absolute Gasteiger partial charge is 0.246 e. The van der Waals surface area contributed by atoms with Crippen molar-refractivity contribution >= 4 is 23.3 Å². The summed E-state index contributed by atoms with van der Waals surface area (Å²) in [5.74, 6) is 1.56. The summed E-state index contributed by atoms with van der Waals surface area (Å²) in [5, 5.41) is 2.00. The van der Waals surface area contributed by atoms with E-state index in [4.69, 9.17) is 14.2 Å². The molecule has 0 saturated heterocycles. The SMILES string of the molecule is COc1cc(/C=C/C(=O)N(C)Cc2cccs2)cc(OC)c1OC. The van der Waals surface area contributed by atoms with Crippen LogP contribution in [0.4, 0.5) is 0 Å². The van der Waals surface area contributed by atoms with Crippen LogP contribution in [0.1, 0.15) is 10.4 Å². The summed E-state index contributed by atoms with van der Waals surface area (Å²) < 4.78 is 15.9. The maximum Gasteiger partial charge on any atom is 0.246 e. The van der Waals surface area contributed by atoms with Gasteiger partial charge < -0.3 is 19.1 Å². The molecule has 0 aliphatic rings. The highest BCUT2D eigenvalue weighted by molar-refractivity contribution is 7.09. The molecule has 6 heteroatoms. The number of hydrogen-bond acceptors (Lipinski definition) is 5. The first-order valence-electron chi connectivity index (χ1n) is 7.34. The summed E-state index contributed by atoms with van der Waals surface area (Å²) in [6.07, 6.45) is 3.27. The number of carbonyl (C=O) groups excluding carboxylic acids is 1. The van der Waals surface area contributed by atoms with Gasteiger partial charge >= 0.3 is 0 Å². The molecule has 24 heavy (non-hydrogen) atoms. The summed E-state index contributed by atoms with van der Waals surface area (Å²) >= 11 is 1.63. The minimum atomic E-state index is -0.0721. The number of methoxy groups -OCH3 is 3. The number of amides is 1. The summed E-state index contributed by atoms with van der Waals surface area (Å²) in [7, 11) is 6.45. The number of thiophene rings is 1. The molecular weight excluding hydrogens is 326 g/mol. The maximum atomic E-state index is 12.2. The molecule has 0 radical (unpaired) electrons. The molecule has 0 unspecified atom stereocenters. The van der Waals surface area contributed by atoms with Gasteiger partial charge in [-0.05, 0) is 35.2 Å². The van der Waals surface area contributed by atoms with Crippen LogP contribution in [0.15, 0.2) is 35.7 Å². The van der Waals surface area contributed by atoms with Crippen molar-refractivity contribution in [3.63, 3.8) is 0 Å². The van der Waals surface area contributed by atoms with E-state index in [1.54, 1.807) is 62.8 Å². The highest BCUT2D eigenvalue weighted by atomic mass is 32.1. The van der Waals surface area contributed by atoms with Gasteiger partial charge in [-0.15, -0.1) is 11.3 Å². The van der Waals surface area contributed by atoms with Crippen LogP contribution in [0, 0.1) is 0 Å². The number of carbonyl (C=O) groups is 1. The third-order valence-corrected chi connectivity index (χ3v) is 4.32. The molecule has 1 aromatic heterocycles. The first-order chi connectivity index (χ1) is 11.6. The zero-order chi connectivity index (χ0) is 17.5. The van der Waals surface area contributed by atoms with Crippen molar-refractivity contribution in [1.82, 2.24) is 4.90 Å². The average Bonchev–Trinajstić information content (AvgIpc) is 3.11. The van der Waals surface area contributed by atoms with E-state index in [2.05, 4.69) is 0 Å². The van der Waals surface area contributed by atoms with E-state index in [9.17, 15) is 4.79 Å². The molecule has 0 saturated carbocycles. The van der Waals surface area contributed by atoms with Gasteiger partial charge in [-0.25, -0.2) is 0 Å². The Kier molecular flexibility index (Phi) is 6.26. The average molecular weight is 347 g/mol. The second-order valence-electron chi connectivity index (χ2n) is 5.07. The first-order valence-corrected chi connectivity index (χ1v) is 8.22. The Morgan fingerprint density at radius 3 is 2.33 bits per heavy atom. The lowest BCUT2D eigenvalue weighted by Crippen LogP contribution is -2.23. The monoisotopic (exact) mass is 347 g/mol. The van der Waals surface area contributed by atoms with Crippen LogP contribution >= 0.6 is 11.3 Å². The molecule has 0 aliphatic heterocycles. The van der Waals surface area contributed by atoms with E-state index < -0.39 is 0 Å². The Balaban J connectivity index is 2.14. The fraction of sp³-hybridized carbons (Fsp3) is 0.278. The van der Waals surface area contributed by atoms with E-state index in [-0.39, 0.29) is 5.91 Å². The van der Waals surface area contributed by atoms with Crippen molar-refractivity contribution in [3.05, 3.63) is 46.2 Å². The first kappa shape index (κ1) is 17.9. The lowest BCUT2D eigenvalue weighted by molar-refractivity contribution is -0.125. The van der Waals surface area contributed by atoms with Gasteiger partial charge in [0.1, 0.15) is 0 Å². The molecule has 1 amide bonds. The van der Waals surface area contributed by atoms with Crippen LogP contribution in [0.2, 0.25) is 0 Å². The molecule has 2 aromatic rings. The number of benzene rings is 1. The summed E-state index contributed by atoms with van der Waals surface area (Å²) in [6.45, 7) is 0.593. The van der Waals surface area contributed by atoms with Crippen molar-refractivity contribution in [3.8, 4) is 17.2 Å². The summed E-state index contributed by atoms with van der Waals surface area (Å²) in [6, 6.07) is 7.58. The van der Waals surface area contributed by atoms with Crippen LogP contribution < -0.4 is 14.2 Å². The van der Waals surface area contributed by atoms with Gasteiger partial charge in [0, 0.05) is 18.0 Å². The number of likely N-dealkylation sites (N-methyl/N-ethyl adjacent to an activating group) is 1. The molecule has 0 N–H and O–H groups in total. The van der Waals surface area contributed by atoms with Crippen molar-refractivity contribution < 1.29 is 19.0 Å². The number of nitrogens with zero attached hydrogens (tertiary/aromatic N) is 1. The van der Waals surface area contributed by atoms with Crippen LogP contribution in [-0.2, 0) is 11.3 Å². The second kappa shape index (κ2) is 8.40. The minimum absolute atomic E-state index is 0.0721. The number of ether oxygens (including phenoxy) is 3. The fourth-order valence-electron chi connectivity index (χ4n) is 2.21. The van der Waals surface area contributed by atoms with Gasteiger partial charge in [0.2, 0.25) is 11.7 Å². The van der Waals surface area contributed by atoms with E-state index in [0.717, 1.165) is 10.4 Å². The summed E-state index contributed by atoms with van der Waals surface area (Å²) in [5.41, 5.74) is 0.794. The molecule has 1 heterocycles. The third kappa shape index (κ3) is 4.29. The highest BCUT2D eigenvalue weighted by Crippen LogP contribution is 2.38. The molecule has 128 valence electrons. The van der Waals surface area contributed by atoms with Crippen LogP contribution in [-0.4, -0.2) is 39.2 Å². The standard InChI is InChI=1S/C18H21NO4S/c1-19(12-14-6-5-9-24-14)17(20)8-7-13-10-15(21-2)18(23-4)16(11-13)22-3/h5-11H,12H2,1-4H3/b8-7+. The van der Waals surface area contributed by atoms with E-state index in [1.807, 2.05) is 17.5 Å². The zero-order valence-electron chi connectivity index (χ0n) is 14.2. The van der Waals surface area contributed by atoms with Crippen LogP contribution in [0.25, 0.3) is 6.08 Å². The third-order valence-electron chi connectivity index (χ3n) is 3.45. The number of hydrogen-bond donors (Lipinski definition) is 0. The Morgan fingerprint density at radius 2 is 1.83 bits per heavy atom. The van der Waals surface area contributed by atoms with E-state index in [0.29, 0.717) is 23.8 Å². The predicted octanol–water partition coefficient (Wildman–Crippen LogP) is 3.45. The van der Waals surface area contributed by atoms with Crippen molar-refractivity contribution in [2.24, 2.45) is 0 Å². The lowest BCUT2D eigenvalue weighted by Gasteiger charge is -2.14. The van der Waals surface area contributed by atoms with E-state index in [1.165, 1.54) is 6.08 Å². The topological polar surface area (TPSA) is 48.0 Å². The number of rotatable bonds is 7. The van der Waals surface area contributed by atoms with Gasteiger partial charge in [-0.2, -0.15) is 0 Å². The molecule has 5 nitrogen and oxygen atoms in total. The van der Waals surface area contributed by atoms with Gasteiger partial charge in [0.15, 0.2) is 11.5 Å². The van der Waals surface area contributed by atoms with Crippen molar-refractivity contribution in [1.29, 1.82) is 0 Å². The molecule has 0 fully saturated rings. The van der Waals surface area contributed by atoms with Gasteiger partial charge in [0.25, 0.3) is 0 Å². The second-order valence-corrected chi connectivity index (χ2v) is 6.10. The van der Waals surface area contributed by atoms with Gasteiger partial charge in [0.05, 0.1) is 27.9 Å². The zero-order valence-corrected chi connectivity index (χ0v) is 15.1. The molecule has 0 spiro atoms. The Labute approximate surface area is 146 Å². The van der Waals surface area contributed by atoms with Crippen molar-refractivity contribution in [2.75, 3.05) is 28.4 Å². The highest BCUT2D eigenvalue weighted by Gasteiger charge is 2.12. The molecule has 1 aromatic carbocycles. The summed E-state index contributed by atoms with van der Waals surface area (Å²) in [4.78, 5) is 15.0. The molecule has 0 atom stereocenters. The van der Waals surface area contributed by atoms with Crippen LogP contribution in [0.5, 0.6) is 17.2 Å². The minimum Gasteiger partial charge on any atom is -0.493 e. The van der Waals surface area contributed by atoms with Gasteiger partial charge in [-0.1, -0.05) is 6.07 Å². The Hall–Kier alpha value is -2.47. The normalized spacial score (nSPS) is 10.7. The van der Waals surface area contributed by atoms with E-state index >= 15 is 0 Å². The molecule has 2 rings (SSSR count). The van der Waals surface area contributed by atoms with Crippen LogP contribution in [0.3, 0.4) is 0 Å². The Morgan fingerprint density at radius 1 is 1.17 bits per heavy atom. The molecule has 0 bridgehead atoms. The molecule has 0 aliphatic carbocycles. The fourth-order valence-corrected chi connectivity index (χ4v) is 2.96. The largest absolute Gasteiger partial charge is 0.493 e. The lowest BCUT2D eigenvalue weighted by atomic mass is 10.1. The molecular formula is C18H21NO4S. The van der Waals surface area contributed by atoms with Gasteiger partial charge in [-0.3, -0.25) is 4.79 Å². The maximum absolute atomic E-state index is 12.2.